The molecular weight excluding hydrogens is 271 g/mol. The summed E-state index contributed by atoms with van der Waals surface area (Å²) in [6, 6.07) is 11.5. The Bertz CT molecular complexity index is 608. The Balaban J connectivity index is 2.25. The molecule has 2 aromatic carbocycles. The predicted molar refractivity (Wildman–Crippen MR) is 82.5 cm³/mol. The number of hydrogen-bond donors (Lipinski definition) is 1. The summed E-state index contributed by atoms with van der Waals surface area (Å²) in [5, 5.41) is 9.79. The van der Waals surface area contributed by atoms with Gasteiger partial charge >= 0.3 is 0 Å². The van der Waals surface area contributed by atoms with Crippen LogP contribution in [0.2, 0.25) is 0 Å². The van der Waals surface area contributed by atoms with Crippen LogP contribution < -0.4 is 0 Å². The molecule has 1 N–H and O–H groups in total. The number of rotatable bonds is 4. The van der Waals surface area contributed by atoms with E-state index in [4.69, 9.17) is 0 Å². The van der Waals surface area contributed by atoms with E-state index in [1.807, 2.05) is 18.2 Å². The number of aliphatic hydroxyl groups excluding tert-OH is 1. The van der Waals surface area contributed by atoms with Crippen molar-refractivity contribution in [2.24, 2.45) is 0 Å². The van der Waals surface area contributed by atoms with E-state index in [-0.39, 0.29) is 5.82 Å². The van der Waals surface area contributed by atoms with Crippen LogP contribution >= 0.6 is 11.8 Å². The van der Waals surface area contributed by atoms with Gasteiger partial charge in [-0.2, -0.15) is 0 Å². The Morgan fingerprint density at radius 2 is 1.85 bits per heavy atom. The third-order valence-electron chi connectivity index (χ3n) is 3.39. The van der Waals surface area contributed by atoms with Crippen LogP contribution in [0.3, 0.4) is 0 Å². The van der Waals surface area contributed by atoms with Gasteiger partial charge in [-0.3, -0.25) is 0 Å². The van der Waals surface area contributed by atoms with Crippen molar-refractivity contribution in [1.29, 1.82) is 0 Å². The zero-order valence-electron chi connectivity index (χ0n) is 12.0. The van der Waals surface area contributed by atoms with Crippen molar-refractivity contribution in [2.75, 3.05) is 0 Å². The highest BCUT2D eigenvalue weighted by Gasteiger charge is 2.12. The second kappa shape index (κ2) is 6.42. The first kappa shape index (κ1) is 15.1. The van der Waals surface area contributed by atoms with Crippen LogP contribution in [0.25, 0.3) is 0 Å². The van der Waals surface area contributed by atoms with Crippen molar-refractivity contribution in [3.05, 3.63) is 64.5 Å². The van der Waals surface area contributed by atoms with Crippen LogP contribution in [-0.2, 0) is 5.75 Å². The number of benzene rings is 2. The van der Waals surface area contributed by atoms with Crippen molar-refractivity contribution >= 4 is 11.8 Å². The topological polar surface area (TPSA) is 20.2 Å². The van der Waals surface area contributed by atoms with Crippen molar-refractivity contribution in [3.63, 3.8) is 0 Å². The highest BCUT2D eigenvalue weighted by atomic mass is 32.2. The van der Waals surface area contributed by atoms with E-state index in [9.17, 15) is 9.50 Å². The lowest BCUT2D eigenvalue weighted by Crippen LogP contribution is -1.98. The molecule has 1 nitrogen and oxygen atoms in total. The van der Waals surface area contributed by atoms with Gasteiger partial charge in [0.15, 0.2) is 0 Å². The lowest BCUT2D eigenvalue weighted by molar-refractivity contribution is 0.196. The average molecular weight is 290 g/mol. The van der Waals surface area contributed by atoms with Crippen LogP contribution in [0.1, 0.15) is 35.3 Å². The molecule has 2 rings (SSSR count). The van der Waals surface area contributed by atoms with Crippen molar-refractivity contribution in [1.82, 2.24) is 0 Å². The Hall–Kier alpha value is -1.32. The molecule has 0 heterocycles. The molecule has 0 unspecified atom stereocenters. The van der Waals surface area contributed by atoms with Gasteiger partial charge in [-0.15, -0.1) is 11.8 Å². The smallest absolute Gasteiger partial charge is 0.126 e. The Morgan fingerprint density at radius 1 is 1.15 bits per heavy atom. The first-order valence-electron chi connectivity index (χ1n) is 6.64. The summed E-state index contributed by atoms with van der Waals surface area (Å²) in [7, 11) is 0. The average Bonchev–Trinajstić information content (AvgIpc) is 2.41. The van der Waals surface area contributed by atoms with Crippen molar-refractivity contribution < 1.29 is 9.50 Å². The van der Waals surface area contributed by atoms with Gasteiger partial charge in [0.25, 0.3) is 0 Å². The summed E-state index contributed by atoms with van der Waals surface area (Å²) in [5.74, 6) is 0.554. The zero-order valence-corrected chi connectivity index (χ0v) is 12.8. The molecule has 0 aliphatic heterocycles. The summed E-state index contributed by atoms with van der Waals surface area (Å²) in [4.78, 5) is 0.946. The van der Waals surface area contributed by atoms with E-state index in [0.717, 1.165) is 10.6 Å². The van der Waals surface area contributed by atoms with Crippen LogP contribution in [0.15, 0.2) is 41.3 Å². The fraction of sp³-hybridized carbons (Fsp3) is 0.294. The minimum atomic E-state index is -0.663. The van der Waals surface area contributed by atoms with Gasteiger partial charge in [0.1, 0.15) is 5.82 Å². The second-order valence-corrected chi connectivity index (χ2v) is 6.05. The normalized spacial score (nSPS) is 12.4. The third-order valence-corrected chi connectivity index (χ3v) is 4.51. The monoisotopic (exact) mass is 290 g/mol. The molecule has 0 saturated carbocycles. The number of halogens is 1. The highest BCUT2D eigenvalue weighted by molar-refractivity contribution is 7.98. The first-order valence-corrected chi connectivity index (χ1v) is 7.63. The van der Waals surface area contributed by atoms with E-state index >= 15 is 0 Å². The quantitative estimate of drug-likeness (QED) is 0.817. The number of aliphatic hydroxyl groups is 1. The van der Waals surface area contributed by atoms with Gasteiger partial charge < -0.3 is 5.11 Å². The lowest BCUT2D eigenvalue weighted by Gasteiger charge is -2.14. The number of aryl methyl sites for hydroxylation is 2. The van der Waals surface area contributed by atoms with Crippen molar-refractivity contribution in [2.45, 2.75) is 37.5 Å². The Kier molecular flexibility index (Phi) is 4.84. The zero-order chi connectivity index (χ0) is 14.7. The Morgan fingerprint density at radius 3 is 2.50 bits per heavy atom. The third kappa shape index (κ3) is 3.41. The molecule has 20 heavy (non-hydrogen) atoms. The van der Waals surface area contributed by atoms with Gasteiger partial charge in [-0.05, 0) is 55.2 Å². The molecule has 0 radical (unpaired) electrons. The maximum absolute atomic E-state index is 13.6. The van der Waals surface area contributed by atoms with Gasteiger partial charge in [-0.25, -0.2) is 4.39 Å². The molecule has 0 aliphatic rings. The summed E-state index contributed by atoms with van der Waals surface area (Å²) in [6.45, 7) is 5.50. The summed E-state index contributed by atoms with van der Waals surface area (Å²) in [6.07, 6.45) is -0.663. The van der Waals surface area contributed by atoms with E-state index in [1.54, 1.807) is 25.6 Å². The molecule has 2 aromatic rings. The Labute approximate surface area is 123 Å². The fourth-order valence-electron chi connectivity index (χ4n) is 2.05. The fourth-order valence-corrected chi connectivity index (χ4v) is 3.34. The van der Waals surface area contributed by atoms with Gasteiger partial charge in [0.05, 0.1) is 6.10 Å². The number of hydrogen-bond acceptors (Lipinski definition) is 2. The van der Waals surface area contributed by atoms with E-state index in [1.165, 1.54) is 17.2 Å². The largest absolute Gasteiger partial charge is 0.389 e. The molecule has 106 valence electrons. The molecule has 0 fully saturated rings. The van der Waals surface area contributed by atoms with Gasteiger partial charge in [0.2, 0.25) is 0 Å². The van der Waals surface area contributed by atoms with Gasteiger partial charge in [-0.1, -0.05) is 24.3 Å². The SMILES string of the molecule is Cc1cc(SCc2ccccc2C)c([C@H](C)O)cc1F. The summed E-state index contributed by atoms with van der Waals surface area (Å²) >= 11 is 1.64. The van der Waals surface area contributed by atoms with E-state index in [2.05, 4.69) is 19.1 Å². The second-order valence-electron chi connectivity index (χ2n) is 5.03. The molecule has 0 saturated heterocycles. The van der Waals surface area contributed by atoms with E-state index in [0.29, 0.717) is 11.1 Å². The van der Waals surface area contributed by atoms with Crippen LogP contribution in [0.5, 0.6) is 0 Å². The molecule has 0 bridgehead atoms. The van der Waals surface area contributed by atoms with Crippen LogP contribution in [-0.4, -0.2) is 5.11 Å². The van der Waals surface area contributed by atoms with Crippen LogP contribution in [0.4, 0.5) is 4.39 Å². The number of thioether (sulfide) groups is 1. The molecule has 1 atom stereocenters. The molecule has 0 aliphatic carbocycles. The standard InChI is InChI=1S/C17H19FOS/c1-11-6-4-5-7-14(11)10-20-17-8-12(2)16(18)9-15(17)13(3)19/h4-9,13,19H,10H2,1-3H3/t13-/m0/s1. The molecule has 3 heteroatoms. The molecule has 0 spiro atoms. The lowest BCUT2D eigenvalue weighted by atomic mass is 10.1. The molecule has 0 aromatic heterocycles. The minimum absolute atomic E-state index is 0.263. The van der Waals surface area contributed by atoms with E-state index < -0.39 is 6.10 Å². The maximum atomic E-state index is 13.6. The first-order chi connectivity index (χ1) is 9.49. The molecular formula is C17H19FOS. The highest BCUT2D eigenvalue weighted by Crippen LogP contribution is 2.32. The minimum Gasteiger partial charge on any atom is -0.389 e. The van der Waals surface area contributed by atoms with Gasteiger partial charge in [0, 0.05) is 10.6 Å². The summed E-state index contributed by atoms with van der Waals surface area (Å²) < 4.78 is 13.6. The van der Waals surface area contributed by atoms with Crippen molar-refractivity contribution in [3.8, 4) is 0 Å². The predicted octanol–water partition coefficient (Wildman–Crippen LogP) is 4.79. The summed E-state index contributed by atoms with van der Waals surface area (Å²) in [5.41, 5.74) is 3.78. The maximum Gasteiger partial charge on any atom is 0.126 e. The van der Waals surface area contributed by atoms with Crippen LogP contribution in [0, 0.1) is 19.7 Å². The molecule has 0 amide bonds.